The van der Waals surface area contributed by atoms with E-state index in [1.807, 2.05) is 13.0 Å². The smallest absolute Gasteiger partial charge is 0.242 e. The first-order valence-corrected chi connectivity index (χ1v) is 8.88. The molecule has 0 atom stereocenters. The molecule has 24 heavy (non-hydrogen) atoms. The van der Waals surface area contributed by atoms with Gasteiger partial charge >= 0.3 is 0 Å². The average Bonchev–Trinajstić information content (AvgIpc) is 2.94. The van der Waals surface area contributed by atoms with E-state index in [0.717, 1.165) is 22.6 Å². The van der Waals surface area contributed by atoms with Crippen LogP contribution in [-0.4, -0.2) is 41.4 Å². The van der Waals surface area contributed by atoms with E-state index in [9.17, 15) is 8.42 Å². The van der Waals surface area contributed by atoms with Gasteiger partial charge in [0.15, 0.2) is 5.82 Å². The number of nitrogens with one attached hydrogen (secondary N) is 1. The fourth-order valence-corrected chi connectivity index (χ4v) is 3.26. The third-order valence-corrected chi connectivity index (χ3v) is 5.50. The minimum absolute atomic E-state index is 0.280. The zero-order chi connectivity index (χ0) is 17.3. The predicted octanol–water partition coefficient (Wildman–Crippen LogP) is 1.90. The van der Waals surface area contributed by atoms with Gasteiger partial charge in [0.25, 0.3) is 0 Å². The predicted molar refractivity (Wildman–Crippen MR) is 92.4 cm³/mol. The zero-order valence-corrected chi connectivity index (χ0v) is 14.6. The fourth-order valence-electron chi connectivity index (χ4n) is 2.36. The molecule has 2 aromatic heterocycles. The highest BCUT2D eigenvalue weighted by Gasteiger charge is 2.16. The summed E-state index contributed by atoms with van der Waals surface area (Å²) in [5, 5.41) is 7.62. The van der Waals surface area contributed by atoms with E-state index >= 15 is 0 Å². The van der Waals surface area contributed by atoms with Crippen LogP contribution in [0.5, 0.6) is 0 Å². The third kappa shape index (κ3) is 3.10. The molecular formula is C16H19N5O2S. The van der Waals surface area contributed by atoms with Crippen molar-refractivity contribution in [2.75, 3.05) is 19.4 Å². The van der Waals surface area contributed by atoms with Crippen molar-refractivity contribution in [3.8, 4) is 0 Å². The summed E-state index contributed by atoms with van der Waals surface area (Å²) in [5.74, 6) is 0.739. The molecule has 3 aromatic rings. The van der Waals surface area contributed by atoms with Crippen LogP contribution in [0.15, 0.2) is 47.6 Å². The topological polar surface area (TPSA) is 79.6 Å². The van der Waals surface area contributed by atoms with Crippen molar-refractivity contribution in [3.63, 3.8) is 0 Å². The molecule has 126 valence electrons. The van der Waals surface area contributed by atoms with Gasteiger partial charge in [0.2, 0.25) is 10.0 Å². The van der Waals surface area contributed by atoms with Crippen LogP contribution >= 0.6 is 0 Å². The van der Waals surface area contributed by atoms with Gasteiger partial charge in [-0.05, 0) is 30.7 Å². The Morgan fingerprint density at radius 3 is 2.58 bits per heavy atom. The maximum atomic E-state index is 12.1. The summed E-state index contributed by atoms with van der Waals surface area (Å²) in [5.41, 5.74) is 2.79. The van der Waals surface area contributed by atoms with Crippen molar-refractivity contribution in [1.82, 2.24) is 18.9 Å². The first-order chi connectivity index (χ1) is 11.4. The number of nitrogens with zero attached hydrogens (tertiary/aromatic N) is 4. The SMILES string of the molecule is Cc1cc2c(NCc3ccc(S(=O)(=O)N(C)C)cc3)nccn2n1. The molecule has 8 heteroatoms. The number of hydrogen-bond donors (Lipinski definition) is 1. The monoisotopic (exact) mass is 345 g/mol. The standard InChI is InChI=1S/C16H19N5O2S/c1-12-10-15-16(17-8-9-21(15)19-12)18-11-13-4-6-14(7-5-13)24(22,23)20(2)3/h4-10H,11H2,1-3H3,(H,17,18). The number of benzene rings is 1. The third-order valence-electron chi connectivity index (χ3n) is 3.67. The number of aromatic nitrogens is 3. The summed E-state index contributed by atoms with van der Waals surface area (Å²) in [6.45, 7) is 2.47. The molecule has 1 N–H and O–H groups in total. The highest BCUT2D eigenvalue weighted by molar-refractivity contribution is 7.89. The first-order valence-electron chi connectivity index (χ1n) is 7.44. The van der Waals surface area contributed by atoms with Crippen molar-refractivity contribution >= 4 is 21.4 Å². The van der Waals surface area contributed by atoms with Crippen LogP contribution in [0.3, 0.4) is 0 Å². The van der Waals surface area contributed by atoms with E-state index in [2.05, 4.69) is 15.4 Å². The number of rotatable bonds is 5. The molecular weight excluding hydrogens is 326 g/mol. The highest BCUT2D eigenvalue weighted by Crippen LogP contribution is 2.17. The minimum Gasteiger partial charge on any atom is -0.364 e. The Labute approximate surface area is 141 Å². The lowest BCUT2D eigenvalue weighted by atomic mass is 10.2. The van der Waals surface area contributed by atoms with Crippen molar-refractivity contribution < 1.29 is 8.42 Å². The van der Waals surface area contributed by atoms with E-state index in [1.54, 1.807) is 41.2 Å². The van der Waals surface area contributed by atoms with Crippen LogP contribution in [0.25, 0.3) is 5.52 Å². The molecule has 0 spiro atoms. The second-order valence-corrected chi connectivity index (χ2v) is 7.83. The molecule has 0 aliphatic rings. The Morgan fingerprint density at radius 1 is 1.21 bits per heavy atom. The summed E-state index contributed by atoms with van der Waals surface area (Å²) in [4.78, 5) is 4.62. The average molecular weight is 345 g/mol. The van der Waals surface area contributed by atoms with Gasteiger partial charge in [-0.15, -0.1) is 0 Å². The fraction of sp³-hybridized carbons (Fsp3) is 0.250. The number of hydrogen-bond acceptors (Lipinski definition) is 5. The lowest BCUT2D eigenvalue weighted by molar-refractivity contribution is 0.520. The Kier molecular flexibility index (Phi) is 4.25. The second-order valence-electron chi connectivity index (χ2n) is 5.68. The summed E-state index contributed by atoms with van der Waals surface area (Å²) >= 11 is 0. The van der Waals surface area contributed by atoms with Crippen LogP contribution in [-0.2, 0) is 16.6 Å². The van der Waals surface area contributed by atoms with Crippen LogP contribution in [0.1, 0.15) is 11.3 Å². The molecule has 3 rings (SSSR count). The maximum absolute atomic E-state index is 12.1. The first kappa shape index (κ1) is 16.4. The van der Waals surface area contributed by atoms with Crippen molar-refractivity contribution in [2.24, 2.45) is 0 Å². The molecule has 0 fully saturated rings. The largest absolute Gasteiger partial charge is 0.364 e. The highest BCUT2D eigenvalue weighted by atomic mass is 32.2. The minimum atomic E-state index is -3.40. The number of fused-ring (bicyclic) bond motifs is 1. The zero-order valence-electron chi connectivity index (χ0n) is 13.8. The molecule has 0 bridgehead atoms. The molecule has 0 aliphatic heterocycles. The van der Waals surface area contributed by atoms with Crippen LogP contribution < -0.4 is 5.32 Å². The Hall–Kier alpha value is -2.45. The van der Waals surface area contributed by atoms with E-state index < -0.39 is 10.0 Å². The Bertz CT molecular complexity index is 962. The number of anilines is 1. The molecule has 7 nitrogen and oxygen atoms in total. The second kappa shape index (κ2) is 6.21. The van der Waals surface area contributed by atoms with Crippen LogP contribution in [0.4, 0.5) is 5.82 Å². The van der Waals surface area contributed by atoms with Gasteiger partial charge < -0.3 is 5.32 Å². The summed E-state index contributed by atoms with van der Waals surface area (Å²) in [6.07, 6.45) is 3.49. The van der Waals surface area contributed by atoms with Gasteiger partial charge in [-0.3, -0.25) is 0 Å². The number of aryl methyl sites for hydroxylation is 1. The van der Waals surface area contributed by atoms with E-state index in [4.69, 9.17) is 0 Å². The Morgan fingerprint density at radius 2 is 1.92 bits per heavy atom. The molecule has 0 saturated carbocycles. The van der Waals surface area contributed by atoms with Crippen molar-refractivity contribution in [1.29, 1.82) is 0 Å². The van der Waals surface area contributed by atoms with Gasteiger partial charge in [0.05, 0.1) is 10.6 Å². The van der Waals surface area contributed by atoms with Crippen LogP contribution in [0.2, 0.25) is 0 Å². The molecule has 0 amide bonds. The molecule has 0 unspecified atom stereocenters. The normalized spacial score (nSPS) is 12.0. The van der Waals surface area contributed by atoms with Gasteiger partial charge in [0.1, 0.15) is 5.52 Å². The van der Waals surface area contributed by atoms with Crippen molar-refractivity contribution in [3.05, 3.63) is 54.0 Å². The van der Waals surface area contributed by atoms with E-state index in [1.165, 1.54) is 18.4 Å². The lowest BCUT2D eigenvalue weighted by Gasteiger charge is -2.12. The Balaban J connectivity index is 1.77. The van der Waals surface area contributed by atoms with Gasteiger partial charge in [-0.1, -0.05) is 12.1 Å². The van der Waals surface area contributed by atoms with Crippen LogP contribution in [0, 0.1) is 6.92 Å². The number of sulfonamides is 1. The quantitative estimate of drug-likeness (QED) is 0.764. The molecule has 1 aromatic carbocycles. The van der Waals surface area contributed by atoms with E-state index in [0.29, 0.717) is 6.54 Å². The molecule has 2 heterocycles. The van der Waals surface area contributed by atoms with E-state index in [-0.39, 0.29) is 4.90 Å². The van der Waals surface area contributed by atoms with Crippen molar-refractivity contribution in [2.45, 2.75) is 18.4 Å². The molecule has 0 radical (unpaired) electrons. The maximum Gasteiger partial charge on any atom is 0.242 e. The van der Waals surface area contributed by atoms with Gasteiger partial charge in [-0.25, -0.2) is 22.2 Å². The molecule has 0 aliphatic carbocycles. The van der Waals surface area contributed by atoms with Gasteiger partial charge in [-0.2, -0.15) is 5.10 Å². The summed E-state index contributed by atoms with van der Waals surface area (Å²) in [6, 6.07) is 8.78. The lowest BCUT2D eigenvalue weighted by Crippen LogP contribution is -2.22. The summed E-state index contributed by atoms with van der Waals surface area (Å²) < 4.78 is 27.1. The van der Waals surface area contributed by atoms with Gasteiger partial charge in [0, 0.05) is 33.0 Å². The molecule has 0 saturated heterocycles. The summed E-state index contributed by atoms with van der Waals surface area (Å²) in [7, 11) is -0.361.